The van der Waals surface area contributed by atoms with Crippen LogP contribution in [0.2, 0.25) is 0 Å². The summed E-state index contributed by atoms with van der Waals surface area (Å²) in [5, 5.41) is 0. The van der Waals surface area contributed by atoms with Crippen LogP contribution in [0.15, 0.2) is 30.3 Å². The van der Waals surface area contributed by atoms with Gasteiger partial charge in [0.05, 0.1) is 6.61 Å². The van der Waals surface area contributed by atoms with E-state index in [2.05, 4.69) is 0 Å². The van der Waals surface area contributed by atoms with Crippen LogP contribution in [0, 0.1) is 5.92 Å². The Kier molecular flexibility index (Phi) is 7.09. The summed E-state index contributed by atoms with van der Waals surface area (Å²) in [5.41, 5.74) is 5.91. The van der Waals surface area contributed by atoms with Crippen LogP contribution in [0.4, 0.5) is 0 Å². The highest BCUT2D eigenvalue weighted by Crippen LogP contribution is 2.09. The first-order valence-electron chi connectivity index (χ1n) is 7.18. The van der Waals surface area contributed by atoms with Crippen LogP contribution in [0.5, 0.6) is 5.75 Å². The molecule has 1 rings (SSSR count). The molecule has 20 heavy (non-hydrogen) atoms. The van der Waals surface area contributed by atoms with Gasteiger partial charge in [-0.2, -0.15) is 0 Å². The molecule has 1 atom stereocenters. The number of hydrogen-bond acceptors (Lipinski definition) is 3. The quantitative estimate of drug-likeness (QED) is 0.742. The standard InChI is InChI=1S/C16H26N2O2/c1-13(2)15(17)12-16(19)18(3)10-7-11-20-14-8-5-4-6-9-14/h4-6,8-9,13,15H,7,10-12,17H2,1-3H3. The first-order valence-corrected chi connectivity index (χ1v) is 7.18. The zero-order valence-corrected chi connectivity index (χ0v) is 12.7. The SMILES string of the molecule is CC(C)C(N)CC(=O)N(C)CCCOc1ccccc1. The lowest BCUT2D eigenvalue weighted by Crippen LogP contribution is -2.36. The Morgan fingerprint density at radius 3 is 2.55 bits per heavy atom. The lowest BCUT2D eigenvalue weighted by molar-refractivity contribution is -0.130. The van der Waals surface area contributed by atoms with Crippen molar-refractivity contribution in [2.75, 3.05) is 20.2 Å². The summed E-state index contributed by atoms with van der Waals surface area (Å²) in [7, 11) is 1.82. The first kappa shape index (κ1) is 16.5. The molecule has 112 valence electrons. The van der Waals surface area contributed by atoms with E-state index in [-0.39, 0.29) is 11.9 Å². The van der Waals surface area contributed by atoms with Crippen LogP contribution in [0.3, 0.4) is 0 Å². The number of nitrogens with two attached hydrogens (primary N) is 1. The van der Waals surface area contributed by atoms with Crippen LogP contribution >= 0.6 is 0 Å². The normalized spacial score (nSPS) is 12.2. The Labute approximate surface area is 121 Å². The Hall–Kier alpha value is -1.55. The van der Waals surface area contributed by atoms with Crippen molar-refractivity contribution in [1.82, 2.24) is 4.90 Å². The zero-order valence-electron chi connectivity index (χ0n) is 12.7. The predicted molar refractivity (Wildman–Crippen MR) is 81.6 cm³/mol. The molecule has 0 aliphatic carbocycles. The molecule has 0 aliphatic rings. The zero-order chi connectivity index (χ0) is 15.0. The van der Waals surface area contributed by atoms with E-state index < -0.39 is 0 Å². The molecule has 0 fully saturated rings. The number of hydrogen-bond donors (Lipinski definition) is 1. The van der Waals surface area contributed by atoms with Gasteiger partial charge in [-0.3, -0.25) is 4.79 Å². The maximum Gasteiger partial charge on any atom is 0.223 e. The van der Waals surface area contributed by atoms with Crippen LogP contribution in [0.25, 0.3) is 0 Å². The van der Waals surface area contributed by atoms with Gasteiger partial charge in [0, 0.05) is 26.1 Å². The lowest BCUT2D eigenvalue weighted by Gasteiger charge is -2.21. The van der Waals surface area contributed by atoms with Gasteiger partial charge in [-0.1, -0.05) is 32.0 Å². The minimum atomic E-state index is -0.0643. The number of ether oxygens (including phenoxy) is 1. The van der Waals surface area contributed by atoms with Crippen LogP contribution in [-0.2, 0) is 4.79 Å². The first-order chi connectivity index (χ1) is 9.50. The third-order valence-corrected chi connectivity index (χ3v) is 3.34. The number of para-hydroxylation sites is 1. The maximum absolute atomic E-state index is 11.9. The fourth-order valence-electron chi connectivity index (χ4n) is 1.73. The van der Waals surface area contributed by atoms with Crippen molar-refractivity contribution in [3.8, 4) is 5.75 Å². The van der Waals surface area contributed by atoms with Gasteiger partial charge in [0.15, 0.2) is 0 Å². The van der Waals surface area contributed by atoms with E-state index >= 15 is 0 Å². The molecular weight excluding hydrogens is 252 g/mol. The van der Waals surface area contributed by atoms with E-state index in [0.29, 0.717) is 25.5 Å². The van der Waals surface area contributed by atoms with Crippen LogP contribution in [-0.4, -0.2) is 37.0 Å². The van der Waals surface area contributed by atoms with Gasteiger partial charge in [-0.25, -0.2) is 0 Å². The molecule has 0 saturated carbocycles. The lowest BCUT2D eigenvalue weighted by atomic mass is 10.0. The van der Waals surface area contributed by atoms with E-state index in [1.54, 1.807) is 4.90 Å². The maximum atomic E-state index is 11.9. The van der Waals surface area contributed by atoms with Crippen molar-refractivity contribution in [1.29, 1.82) is 0 Å². The molecule has 1 aromatic carbocycles. The Morgan fingerprint density at radius 2 is 1.95 bits per heavy atom. The van der Waals surface area contributed by atoms with E-state index in [9.17, 15) is 4.79 Å². The van der Waals surface area contributed by atoms with E-state index in [1.165, 1.54) is 0 Å². The number of carbonyl (C=O) groups excluding carboxylic acids is 1. The van der Waals surface area contributed by atoms with Crippen molar-refractivity contribution < 1.29 is 9.53 Å². The third kappa shape index (κ3) is 6.06. The topological polar surface area (TPSA) is 55.6 Å². The predicted octanol–water partition coefficient (Wildman–Crippen LogP) is 2.29. The van der Waals surface area contributed by atoms with Crippen molar-refractivity contribution in [2.24, 2.45) is 11.7 Å². The van der Waals surface area contributed by atoms with Gasteiger partial charge in [0.1, 0.15) is 5.75 Å². The minimum Gasteiger partial charge on any atom is -0.494 e. The molecule has 0 spiro atoms. The van der Waals surface area contributed by atoms with Crippen LogP contribution < -0.4 is 10.5 Å². The Balaban J connectivity index is 2.19. The fourth-order valence-corrected chi connectivity index (χ4v) is 1.73. The Bertz CT molecular complexity index is 393. The summed E-state index contributed by atoms with van der Waals surface area (Å²) in [5.74, 6) is 1.29. The highest BCUT2D eigenvalue weighted by atomic mass is 16.5. The van der Waals surface area contributed by atoms with Crippen molar-refractivity contribution >= 4 is 5.91 Å². The van der Waals surface area contributed by atoms with E-state index in [4.69, 9.17) is 10.5 Å². The molecule has 2 N–H and O–H groups in total. The molecule has 0 heterocycles. The second-order valence-corrected chi connectivity index (χ2v) is 5.44. The van der Waals surface area contributed by atoms with E-state index in [1.807, 2.05) is 51.2 Å². The third-order valence-electron chi connectivity index (χ3n) is 3.34. The molecule has 0 aromatic heterocycles. The molecule has 4 heteroatoms. The molecule has 0 aliphatic heterocycles. The second-order valence-electron chi connectivity index (χ2n) is 5.44. The number of amides is 1. The van der Waals surface area contributed by atoms with Gasteiger partial charge in [-0.05, 0) is 24.5 Å². The number of carbonyl (C=O) groups is 1. The molecule has 0 saturated heterocycles. The number of rotatable bonds is 8. The van der Waals surface area contributed by atoms with Gasteiger partial charge in [-0.15, -0.1) is 0 Å². The van der Waals surface area contributed by atoms with Gasteiger partial charge in [0.25, 0.3) is 0 Å². The van der Waals surface area contributed by atoms with Crippen LogP contribution in [0.1, 0.15) is 26.7 Å². The smallest absolute Gasteiger partial charge is 0.223 e. The second kappa shape index (κ2) is 8.59. The average Bonchev–Trinajstić information content (AvgIpc) is 2.44. The molecular formula is C16H26N2O2. The van der Waals surface area contributed by atoms with Crippen molar-refractivity contribution in [2.45, 2.75) is 32.7 Å². The Morgan fingerprint density at radius 1 is 1.30 bits per heavy atom. The molecule has 0 radical (unpaired) electrons. The summed E-state index contributed by atoms with van der Waals surface area (Å²) in [6, 6.07) is 9.63. The summed E-state index contributed by atoms with van der Waals surface area (Å²) in [6.45, 7) is 5.37. The van der Waals surface area contributed by atoms with Gasteiger partial charge >= 0.3 is 0 Å². The number of nitrogens with zero attached hydrogens (tertiary/aromatic N) is 1. The fraction of sp³-hybridized carbons (Fsp3) is 0.562. The molecule has 0 bridgehead atoms. The molecule has 4 nitrogen and oxygen atoms in total. The number of benzene rings is 1. The summed E-state index contributed by atoms with van der Waals surface area (Å²) in [6.07, 6.45) is 1.22. The van der Waals surface area contributed by atoms with Gasteiger partial charge < -0.3 is 15.4 Å². The minimum absolute atomic E-state index is 0.0643. The van der Waals surface area contributed by atoms with Crippen molar-refractivity contribution in [3.05, 3.63) is 30.3 Å². The summed E-state index contributed by atoms with van der Waals surface area (Å²) < 4.78 is 5.59. The highest BCUT2D eigenvalue weighted by Gasteiger charge is 2.15. The van der Waals surface area contributed by atoms with Crippen molar-refractivity contribution in [3.63, 3.8) is 0 Å². The monoisotopic (exact) mass is 278 g/mol. The molecule has 1 aromatic rings. The molecule has 1 unspecified atom stereocenters. The van der Waals surface area contributed by atoms with E-state index in [0.717, 1.165) is 12.2 Å². The average molecular weight is 278 g/mol. The summed E-state index contributed by atoms with van der Waals surface area (Å²) in [4.78, 5) is 13.7. The highest BCUT2D eigenvalue weighted by molar-refractivity contribution is 5.76. The largest absolute Gasteiger partial charge is 0.494 e. The van der Waals surface area contributed by atoms with Gasteiger partial charge in [0.2, 0.25) is 5.91 Å². The summed E-state index contributed by atoms with van der Waals surface area (Å²) >= 11 is 0. The molecule has 1 amide bonds.